The van der Waals surface area contributed by atoms with Crippen LogP contribution in [0.15, 0.2) is 48.5 Å². The van der Waals surface area contributed by atoms with Crippen molar-refractivity contribution in [1.82, 2.24) is 5.32 Å². The Kier molecular flexibility index (Phi) is 4.15. The molecular weight excluding hydrogens is 309 g/mol. The summed E-state index contributed by atoms with van der Waals surface area (Å²) in [6.45, 7) is 0.0460. The van der Waals surface area contributed by atoms with Gasteiger partial charge in [0.2, 0.25) is 5.91 Å². The third kappa shape index (κ3) is 3.21. The Hall–Kier alpha value is -1.55. The smallest absolute Gasteiger partial charge is 0.246 e. The number of carbonyl (C=O) groups excluding carboxylic acids is 1. The summed E-state index contributed by atoms with van der Waals surface area (Å²) in [6.07, 6.45) is -0.265. The van der Waals surface area contributed by atoms with Crippen LogP contribution in [0.4, 0.5) is 0 Å². The molecule has 2 atom stereocenters. The average molecular weight is 322 g/mol. The van der Waals surface area contributed by atoms with Crippen LogP contribution in [-0.4, -0.2) is 12.5 Å². The number of benzene rings is 2. The van der Waals surface area contributed by atoms with Crippen LogP contribution in [0.3, 0.4) is 0 Å². The molecule has 5 heteroatoms. The van der Waals surface area contributed by atoms with Crippen molar-refractivity contribution in [2.45, 2.75) is 12.1 Å². The van der Waals surface area contributed by atoms with E-state index in [1.807, 2.05) is 42.5 Å². The van der Waals surface area contributed by atoms with Crippen molar-refractivity contribution >= 4 is 29.1 Å². The van der Waals surface area contributed by atoms with Gasteiger partial charge >= 0.3 is 0 Å². The summed E-state index contributed by atoms with van der Waals surface area (Å²) in [5, 5.41) is 4.26. The maximum absolute atomic E-state index is 11.7. The van der Waals surface area contributed by atoms with Crippen molar-refractivity contribution in [1.29, 1.82) is 0 Å². The number of hydrogen-bond donors (Lipinski definition) is 1. The molecule has 1 saturated heterocycles. The van der Waals surface area contributed by atoms with E-state index in [9.17, 15) is 4.79 Å². The van der Waals surface area contributed by atoms with E-state index in [2.05, 4.69) is 5.32 Å². The molecular formula is C16H13Cl2NO2. The van der Waals surface area contributed by atoms with Crippen LogP contribution in [0.2, 0.25) is 10.0 Å². The second kappa shape index (κ2) is 6.06. The number of rotatable bonds is 2. The Morgan fingerprint density at radius 1 is 1.00 bits per heavy atom. The fraction of sp³-hybridized carbons (Fsp3) is 0.188. The molecule has 1 amide bonds. The lowest BCUT2D eigenvalue weighted by molar-refractivity contribution is -0.137. The van der Waals surface area contributed by atoms with Gasteiger partial charge in [0.15, 0.2) is 0 Å². The molecule has 0 unspecified atom stereocenters. The second-order valence-electron chi connectivity index (χ2n) is 4.88. The highest BCUT2D eigenvalue weighted by Crippen LogP contribution is 2.35. The van der Waals surface area contributed by atoms with Crippen molar-refractivity contribution in [2.24, 2.45) is 0 Å². The third-order valence-electron chi connectivity index (χ3n) is 3.42. The molecule has 0 spiro atoms. The zero-order valence-electron chi connectivity index (χ0n) is 11.1. The molecule has 0 bridgehead atoms. The molecule has 2 aromatic rings. The first-order chi connectivity index (χ1) is 10.1. The largest absolute Gasteiger partial charge is 0.361 e. The third-order valence-corrected chi connectivity index (χ3v) is 3.91. The van der Waals surface area contributed by atoms with Gasteiger partial charge in [-0.2, -0.15) is 0 Å². The maximum Gasteiger partial charge on any atom is 0.246 e. The lowest BCUT2D eigenvalue weighted by Crippen LogP contribution is -2.41. The van der Waals surface area contributed by atoms with Gasteiger partial charge in [-0.3, -0.25) is 4.79 Å². The summed E-state index contributed by atoms with van der Waals surface area (Å²) >= 11 is 12.0. The topological polar surface area (TPSA) is 38.3 Å². The van der Waals surface area contributed by atoms with Crippen LogP contribution in [-0.2, 0) is 9.53 Å². The summed E-state index contributed by atoms with van der Waals surface area (Å²) in [5.74, 6) is -0.134. The highest BCUT2D eigenvalue weighted by Gasteiger charge is 2.32. The molecule has 108 valence electrons. The van der Waals surface area contributed by atoms with E-state index in [0.29, 0.717) is 10.0 Å². The molecule has 1 heterocycles. The number of ether oxygens (including phenoxy) is 1. The summed E-state index contributed by atoms with van der Waals surface area (Å²) in [7, 11) is 0. The van der Waals surface area contributed by atoms with E-state index >= 15 is 0 Å². The minimum absolute atomic E-state index is 0.0460. The number of carbonyl (C=O) groups is 1. The van der Waals surface area contributed by atoms with Crippen molar-refractivity contribution < 1.29 is 9.53 Å². The lowest BCUT2D eigenvalue weighted by atomic mass is 9.94. The van der Waals surface area contributed by atoms with Crippen LogP contribution in [0.5, 0.6) is 0 Å². The van der Waals surface area contributed by atoms with Crippen molar-refractivity contribution in [3.05, 3.63) is 69.7 Å². The second-order valence-corrected chi connectivity index (χ2v) is 5.76. The van der Waals surface area contributed by atoms with Crippen molar-refractivity contribution in [2.75, 3.05) is 6.61 Å². The number of nitrogens with one attached hydrogen (secondary N) is 1. The van der Waals surface area contributed by atoms with Gasteiger partial charge < -0.3 is 10.1 Å². The molecule has 1 aliphatic heterocycles. The van der Waals surface area contributed by atoms with Gasteiger partial charge in [-0.05, 0) is 35.4 Å². The number of hydrogen-bond acceptors (Lipinski definition) is 2. The van der Waals surface area contributed by atoms with Gasteiger partial charge in [0.05, 0.1) is 6.04 Å². The quantitative estimate of drug-likeness (QED) is 0.910. The van der Waals surface area contributed by atoms with E-state index in [1.54, 1.807) is 6.07 Å². The van der Waals surface area contributed by atoms with E-state index in [1.165, 1.54) is 0 Å². The first-order valence-electron chi connectivity index (χ1n) is 6.55. The molecule has 1 aliphatic rings. The zero-order chi connectivity index (χ0) is 14.8. The van der Waals surface area contributed by atoms with Crippen LogP contribution >= 0.6 is 23.2 Å². The van der Waals surface area contributed by atoms with E-state index < -0.39 is 0 Å². The minimum atomic E-state index is -0.272. The van der Waals surface area contributed by atoms with Gasteiger partial charge in [0.1, 0.15) is 12.7 Å². The van der Waals surface area contributed by atoms with E-state index in [4.69, 9.17) is 27.9 Å². The highest BCUT2D eigenvalue weighted by molar-refractivity contribution is 6.30. The summed E-state index contributed by atoms with van der Waals surface area (Å²) < 4.78 is 5.72. The summed E-state index contributed by atoms with van der Waals surface area (Å²) in [5.41, 5.74) is 1.87. The fourth-order valence-electron chi connectivity index (χ4n) is 2.45. The van der Waals surface area contributed by atoms with E-state index in [0.717, 1.165) is 11.1 Å². The average Bonchev–Trinajstić information content (AvgIpc) is 2.48. The normalized spacial score (nSPS) is 21.9. The summed E-state index contributed by atoms with van der Waals surface area (Å²) in [4.78, 5) is 11.7. The molecule has 1 N–H and O–H groups in total. The Morgan fingerprint density at radius 3 is 2.48 bits per heavy atom. The Bertz CT molecular complexity index is 658. The molecule has 0 saturated carbocycles. The molecule has 0 radical (unpaired) electrons. The van der Waals surface area contributed by atoms with Gasteiger partial charge in [-0.1, -0.05) is 47.5 Å². The summed E-state index contributed by atoms with van der Waals surface area (Å²) in [6, 6.07) is 14.6. The fourth-order valence-corrected chi connectivity index (χ4v) is 2.78. The molecule has 1 fully saturated rings. The number of halogens is 2. The first-order valence-corrected chi connectivity index (χ1v) is 7.31. The monoisotopic (exact) mass is 321 g/mol. The molecule has 3 nitrogen and oxygen atoms in total. The zero-order valence-corrected chi connectivity index (χ0v) is 12.6. The van der Waals surface area contributed by atoms with Gasteiger partial charge in [-0.15, -0.1) is 0 Å². The SMILES string of the molecule is O=C1CO[C@@H](c2ccc(Cl)cc2)[C@@H](c2cccc(Cl)c2)N1. The van der Waals surface area contributed by atoms with Crippen LogP contribution in [0, 0.1) is 0 Å². The Morgan fingerprint density at radius 2 is 1.76 bits per heavy atom. The van der Waals surface area contributed by atoms with Crippen LogP contribution < -0.4 is 5.32 Å². The number of amides is 1. The van der Waals surface area contributed by atoms with Crippen LogP contribution in [0.1, 0.15) is 23.3 Å². The van der Waals surface area contributed by atoms with Gasteiger partial charge in [-0.25, -0.2) is 0 Å². The molecule has 0 aromatic heterocycles. The predicted octanol–water partition coefficient (Wildman–Crippen LogP) is 3.92. The van der Waals surface area contributed by atoms with Crippen molar-refractivity contribution in [3.63, 3.8) is 0 Å². The van der Waals surface area contributed by atoms with E-state index in [-0.39, 0.29) is 24.7 Å². The molecule has 3 rings (SSSR count). The minimum Gasteiger partial charge on any atom is -0.361 e. The van der Waals surface area contributed by atoms with Crippen molar-refractivity contribution in [3.8, 4) is 0 Å². The molecule has 0 aliphatic carbocycles. The first kappa shape index (κ1) is 14.4. The standard InChI is InChI=1S/C16H13Cl2NO2/c17-12-6-4-10(5-7-12)16-15(19-14(20)9-21-16)11-2-1-3-13(18)8-11/h1-8,15-16H,9H2,(H,19,20)/t15-,16+/m1/s1. The number of morpholine rings is 1. The maximum atomic E-state index is 11.7. The molecule has 21 heavy (non-hydrogen) atoms. The Labute approximate surface area is 132 Å². The Balaban J connectivity index is 1.96. The molecule has 2 aromatic carbocycles. The lowest BCUT2D eigenvalue weighted by Gasteiger charge is -2.33. The highest BCUT2D eigenvalue weighted by atomic mass is 35.5. The predicted molar refractivity (Wildman–Crippen MR) is 82.5 cm³/mol. The van der Waals surface area contributed by atoms with Gasteiger partial charge in [0.25, 0.3) is 0 Å². The van der Waals surface area contributed by atoms with Gasteiger partial charge in [0, 0.05) is 10.0 Å². The van der Waals surface area contributed by atoms with Crippen LogP contribution in [0.25, 0.3) is 0 Å².